The van der Waals surface area contributed by atoms with Crippen LogP contribution in [0.4, 0.5) is 0 Å². The van der Waals surface area contributed by atoms with Gasteiger partial charge in [-0.05, 0) is 42.7 Å². The molecular formula is C24H30N2O. The molecule has 4 rings (SSSR count). The van der Waals surface area contributed by atoms with Crippen molar-refractivity contribution in [3.63, 3.8) is 0 Å². The molecule has 0 radical (unpaired) electrons. The first-order valence-corrected chi connectivity index (χ1v) is 10.4. The Labute approximate surface area is 163 Å². The van der Waals surface area contributed by atoms with E-state index in [1.54, 1.807) is 0 Å². The van der Waals surface area contributed by atoms with Gasteiger partial charge in [-0.25, -0.2) is 0 Å². The minimum atomic E-state index is 0.272. The zero-order chi connectivity index (χ0) is 18.5. The summed E-state index contributed by atoms with van der Waals surface area (Å²) in [5.41, 5.74) is 2.62. The Kier molecular flexibility index (Phi) is 5.88. The third-order valence-corrected chi connectivity index (χ3v) is 6.35. The Morgan fingerprint density at radius 1 is 0.778 bits per heavy atom. The molecule has 2 aliphatic rings. The summed E-state index contributed by atoms with van der Waals surface area (Å²) in [4.78, 5) is 17.2. The van der Waals surface area contributed by atoms with Crippen molar-refractivity contribution < 1.29 is 4.79 Å². The van der Waals surface area contributed by atoms with Crippen molar-refractivity contribution in [2.75, 3.05) is 26.2 Å². The Balaban J connectivity index is 1.23. The normalized spacial score (nSPS) is 23.9. The summed E-state index contributed by atoms with van der Waals surface area (Å²) < 4.78 is 0. The molecule has 1 saturated heterocycles. The second kappa shape index (κ2) is 8.71. The number of carbonyl (C=O) groups is 1. The van der Waals surface area contributed by atoms with Gasteiger partial charge in [-0.15, -0.1) is 0 Å². The van der Waals surface area contributed by atoms with E-state index in [4.69, 9.17) is 0 Å². The van der Waals surface area contributed by atoms with Crippen molar-refractivity contribution in [1.82, 2.24) is 9.80 Å². The van der Waals surface area contributed by atoms with Gasteiger partial charge in [0.15, 0.2) is 0 Å². The topological polar surface area (TPSA) is 23.6 Å². The number of amides is 1. The van der Waals surface area contributed by atoms with Gasteiger partial charge in [-0.2, -0.15) is 0 Å². The van der Waals surface area contributed by atoms with Crippen LogP contribution in [0.25, 0.3) is 0 Å². The van der Waals surface area contributed by atoms with Crippen LogP contribution in [0.3, 0.4) is 0 Å². The van der Waals surface area contributed by atoms with Gasteiger partial charge in [0.2, 0.25) is 5.91 Å². The van der Waals surface area contributed by atoms with E-state index in [9.17, 15) is 4.79 Å². The average Bonchev–Trinajstić information content (AvgIpc) is 2.75. The lowest BCUT2D eigenvalue weighted by atomic mass is 9.81. The second-order valence-electron chi connectivity index (χ2n) is 8.00. The summed E-state index contributed by atoms with van der Waals surface area (Å²) >= 11 is 0. The zero-order valence-electron chi connectivity index (χ0n) is 16.1. The van der Waals surface area contributed by atoms with E-state index in [1.165, 1.54) is 31.2 Å². The highest BCUT2D eigenvalue weighted by Crippen LogP contribution is 2.34. The van der Waals surface area contributed by atoms with Gasteiger partial charge in [0.05, 0.1) is 6.42 Å². The van der Waals surface area contributed by atoms with Gasteiger partial charge in [0.1, 0.15) is 0 Å². The van der Waals surface area contributed by atoms with Crippen LogP contribution < -0.4 is 0 Å². The molecule has 1 heterocycles. The molecule has 0 atom stereocenters. The van der Waals surface area contributed by atoms with Crippen LogP contribution in [-0.2, 0) is 11.2 Å². The number of benzene rings is 2. The largest absolute Gasteiger partial charge is 0.340 e. The molecule has 3 nitrogen and oxygen atoms in total. The van der Waals surface area contributed by atoms with Gasteiger partial charge < -0.3 is 4.90 Å². The molecule has 2 aromatic carbocycles. The number of piperazine rings is 1. The quantitative estimate of drug-likeness (QED) is 0.817. The Morgan fingerprint density at radius 2 is 1.37 bits per heavy atom. The fourth-order valence-corrected chi connectivity index (χ4v) is 4.72. The SMILES string of the molecule is O=C(Cc1ccccc1)N1CCN(C2CCC(c3ccccc3)CC2)CC1. The van der Waals surface area contributed by atoms with Crippen molar-refractivity contribution in [3.8, 4) is 0 Å². The van der Waals surface area contributed by atoms with E-state index in [-0.39, 0.29) is 5.91 Å². The fraction of sp³-hybridized carbons (Fsp3) is 0.458. The highest BCUT2D eigenvalue weighted by molar-refractivity contribution is 5.78. The Morgan fingerprint density at radius 3 is 2.00 bits per heavy atom. The second-order valence-corrected chi connectivity index (χ2v) is 8.00. The number of nitrogens with zero attached hydrogens (tertiary/aromatic N) is 2. The maximum absolute atomic E-state index is 12.6. The minimum Gasteiger partial charge on any atom is -0.340 e. The summed E-state index contributed by atoms with van der Waals surface area (Å²) in [5.74, 6) is 1.00. The van der Waals surface area contributed by atoms with Crippen LogP contribution in [0.5, 0.6) is 0 Å². The van der Waals surface area contributed by atoms with E-state index in [0.717, 1.165) is 37.7 Å². The molecule has 3 heteroatoms. The summed E-state index contributed by atoms with van der Waals surface area (Å²) in [6.45, 7) is 3.82. The molecule has 27 heavy (non-hydrogen) atoms. The van der Waals surface area contributed by atoms with Crippen molar-refractivity contribution in [2.45, 2.75) is 44.1 Å². The summed E-state index contributed by atoms with van der Waals surface area (Å²) in [7, 11) is 0. The molecular weight excluding hydrogens is 332 g/mol. The maximum atomic E-state index is 12.6. The number of carbonyl (C=O) groups excluding carboxylic acids is 1. The van der Waals surface area contributed by atoms with E-state index in [1.807, 2.05) is 30.3 Å². The smallest absolute Gasteiger partial charge is 0.227 e. The predicted octanol–water partition coefficient (Wildman–Crippen LogP) is 4.10. The van der Waals surface area contributed by atoms with Crippen LogP contribution in [-0.4, -0.2) is 47.9 Å². The van der Waals surface area contributed by atoms with Gasteiger partial charge in [0, 0.05) is 32.2 Å². The Hall–Kier alpha value is -2.13. The lowest BCUT2D eigenvalue weighted by molar-refractivity contribution is -0.132. The third kappa shape index (κ3) is 4.59. The van der Waals surface area contributed by atoms with E-state index >= 15 is 0 Å². The average molecular weight is 363 g/mol. The van der Waals surface area contributed by atoms with Crippen LogP contribution >= 0.6 is 0 Å². The van der Waals surface area contributed by atoms with Gasteiger partial charge in [-0.3, -0.25) is 9.69 Å². The van der Waals surface area contributed by atoms with Gasteiger partial charge in [0.25, 0.3) is 0 Å². The molecule has 2 aromatic rings. The Bertz CT molecular complexity index is 715. The first kappa shape index (κ1) is 18.2. The number of hydrogen-bond acceptors (Lipinski definition) is 2. The van der Waals surface area contributed by atoms with Crippen molar-refractivity contribution in [2.24, 2.45) is 0 Å². The molecule has 1 amide bonds. The fourth-order valence-electron chi connectivity index (χ4n) is 4.72. The van der Waals surface area contributed by atoms with Crippen LogP contribution in [0.15, 0.2) is 60.7 Å². The number of rotatable bonds is 4. The molecule has 2 fully saturated rings. The highest BCUT2D eigenvalue weighted by Gasteiger charge is 2.29. The van der Waals surface area contributed by atoms with Gasteiger partial charge in [-0.1, -0.05) is 60.7 Å². The molecule has 0 aromatic heterocycles. The molecule has 0 spiro atoms. The van der Waals surface area contributed by atoms with Crippen LogP contribution in [0.1, 0.15) is 42.7 Å². The molecule has 0 unspecified atom stereocenters. The van der Waals surface area contributed by atoms with Crippen LogP contribution in [0, 0.1) is 0 Å². The summed E-state index contributed by atoms with van der Waals surface area (Å²) in [5, 5.41) is 0. The lowest BCUT2D eigenvalue weighted by Gasteiger charge is -2.42. The maximum Gasteiger partial charge on any atom is 0.227 e. The lowest BCUT2D eigenvalue weighted by Crippen LogP contribution is -2.52. The first-order chi connectivity index (χ1) is 13.3. The van der Waals surface area contributed by atoms with E-state index < -0.39 is 0 Å². The highest BCUT2D eigenvalue weighted by atomic mass is 16.2. The van der Waals surface area contributed by atoms with Crippen molar-refractivity contribution in [3.05, 3.63) is 71.8 Å². The third-order valence-electron chi connectivity index (χ3n) is 6.35. The number of hydrogen-bond donors (Lipinski definition) is 0. The van der Waals surface area contributed by atoms with E-state index in [0.29, 0.717) is 12.5 Å². The van der Waals surface area contributed by atoms with Crippen LogP contribution in [0.2, 0.25) is 0 Å². The van der Waals surface area contributed by atoms with Gasteiger partial charge >= 0.3 is 0 Å². The zero-order valence-corrected chi connectivity index (χ0v) is 16.1. The van der Waals surface area contributed by atoms with E-state index in [2.05, 4.69) is 40.1 Å². The summed E-state index contributed by atoms with van der Waals surface area (Å²) in [6, 6.07) is 21.8. The molecule has 0 bridgehead atoms. The molecule has 0 N–H and O–H groups in total. The molecule has 1 saturated carbocycles. The monoisotopic (exact) mass is 362 g/mol. The standard InChI is InChI=1S/C24H30N2O/c27-24(19-20-7-3-1-4-8-20)26-17-15-25(16-18-26)23-13-11-22(12-14-23)21-9-5-2-6-10-21/h1-10,22-23H,11-19H2. The molecule has 142 valence electrons. The van der Waals surface area contributed by atoms with Crippen molar-refractivity contribution in [1.29, 1.82) is 0 Å². The first-order valence-electron chi connectivity index (χ1n) is 10.4. The summed E-state index contributed by atoms with van der Waals surface area (Å²) in [6.07, 6.45) is 5.70. The molecule has 1 aliphatic heterocycles. The minimum absolute atomic E-state index is 0.272. The molecule has 1 aliphatic carbocycles. The predicted molar refractivity (Wildman–Crippen MR) is 110 cm³/mol. The van der Waals surface area contributed by atoms with Crippen molar-refractivity contribution >= 4 is 5.91 Å².